The number of aromatic nitrogens is 2. The number of hydrogen-bond donors (Lipinski definition) is 2. The van der Waals surface area contributed by atoms with Gasteiger partial charge in [0, 0.05) is 66.7 Å². The van der Waals surface area contributed by atoms with E-state index in [4.69, 9.17) is 0 Å². The van der Waals surface area contributed by atoms with Gasteiger partial charge in [-0.1, -0.05) is 36.4 Å². The Balaban J connectivity index is 1.49. The molecule has 4 aromatic rings. The van der Waals surface area contributed by atoms with Crippen LogP contribution in [0.5, 0.6) is 0 Å². The maximum absolute atomic E-state index is 12.8. The predicted octanol–water partition coefficient (Wildman–Crippen LogP) is 4.98. The van der Waals surface area contributed by atoms with Gasteiger partial charge in [-0.05, 0) is 42.5 Å². The van der Waals surface area contributed by atoms with Crippen LogP contribution in [0.2, 0.25) is 0 Å². The fourth-order valence-electron chi connectivity index (χ4n) is 5.84. The van der Waals surface area contributed by atoms with Gasteiger partial charge in [-0.15, -0.1) is 0 Å². The first-order chi connectivity index (χ1) is 15.2. The van der Waals surface area contributed by atoms with Crippen molar-refractivity contribution in [2.24, 2.45) is 0 Å². The van der Waals surface area contributed by atoms with Crippen LogP contribution in [0.1, 0.15) is 41.9 Å². The summed E-state index contributed by atoms with van der Waals surface area (Å²) in [6, 6.07) is 15.3. The summed E-state index contributed by atoms with van der Waals surface area (Å²) in [5.41, 5.74) is 6.73. The van der Waals surface area contributed by atoms with Crippen LogP contribution in [-0.2, 0) is 13.0 Å². The Morgan fingerprint density at radius 1 is 1.06 bits per heavy atom. The molecular formula is C26H28N4O. The van der Waals surface area contributed by atoms with Crippen molar-refractivity contribution in [3.8, 4) is 0 Å². The van der Waals surface area contributed by atoms with Gasteiger partial charge >= 0.3 is 6.03 Å². The highest BCUT2D eigenvalue weighted by Gasteiger charge is 2.39. The number of aromatic amines is 1. The van der Waals surface area contributed by atoms with Crippen LogP contribution in [0, 0.1) is 0 Å². The van der Waals surface area contributed by atoms with Gasteiger partial charge in [-0.25, -0.2) is 4.79 Å². The third-order valence-electron chi connectivity index (χ3n) is 7.21. The number of nitrogens with one attached hydrogen (secondary N) is 2. The van der Waals surface area contributed by atoms with E-state index in [9.17, 15) is 4.79 Å². The lowest BCUT2D eigenvalue weighted by atomic mass is 9.83. The summed E-state index contributed by atoms with van der Waals surface area (Å²) in [5, 5.41) is 5.64. The molecule has 2 aromatic heterocycles. The first-order valence-corrected chi connectivity index (χ1v) is 11.4. The molecule has 2 amide bonds. The van der Waals surface area contributed by atoms with E-state index in [1.807, 2.05) is 11.8 Å². The number of para-hydroxylation sites is 2. The minimum absolute atomic E-state index is 0.0450. The van der Waals surface area contributed by atoms with E-state index in [-0.39, 0.29) is 17.9 Å². The number of urea groups is 1. The Labute approximate surface area is 182 Å². The Morgan fingerprint density at radius 3 is 2.74 bits per heavy atom. The quantitative estimate of drug-likeness (QED) is 0.490. The molecule has 0 bridgehead atoms. The van der Waals surface area contributed by atoms with Crippen molar-refractivity contribution < 1.29 is 4.79 Å². The molecule has 0 saturated carbocycles. The number of aryl methyl sites for hydroxylation is 2. The molecule has 5 heteroatoms. The predicted molar refractivity (Wildman–Crippen MR) is 125 cm³/mol. The monoisotopic (exact) mass is 412 g/mol. The fourth-order valence-corrected chi connectivity index (χ4v) is 5.84. The van der Waals surface area contributed by atoms with Crippen LogP contribution >= 0.6 is 0 Å². The zero-order valence-corrected chi connectivity index (χ0v) is 17.9. The van der Waals surface area contributed by atoms with Crippen molar-refractivity contribution in [3.63, 3.8) is 0 Å². The third kappa shape index (κ3) is 2.87. The van der Waals surface area contributed by atoms with E-state index >= 15 is 0 Å². The highest BCUT2D eigenvalue weighted by atomic mass is 16.2. The van der Waals surface area contributed by atoms with Crippen LogP contribution in [0.25, 0.3) is 21.8 Å². The largest absolute Gasteiger partial charge is 0.361 e. The number of H-pyrrole nitrogens is 1. The Bertz CT molecular complexity index is 1280. The lowest BCUT2D eigenvalue weighted by Gasteiger charge is -2.17. The van der Waals surface area contributed by atoms with Crippen molar-refractivity contribution in [1.82, 2.24) is 19.8 Å². The molecule has 2 N–H and O–H groups in total. The van der Waals surface area contributed by atoms with Crippen molar-refractivity contribution in [2.45, 2.75) is 38.1 Å². The molecular weight excluding hydrogens is 384 g/mol. The molecule has 2 aromatic carbocycles. The molecule has 1 saturated heterocycles. The third-order valence-corrected chi connectivity index (χ3v) is 7.21. The number of hydrogen-bond acceptors (Lipinski definition) is 1. The van der Waals surface area contributed by atoms with Gasteiger partial charge in [0.25, 0.3) is 0 Å². The topological polar surface area (TPSA) is 53.1 Å². The standard InChI is InChI=1S/C26H28N4O/c1-2-27-26(31)30-15-22(20-13-28-24-11-4-3-9-18(20)24)23(16-30)21-14-29-12-6-8-17-7-5-10-19(21)25(17)29/h3-5,7,9-11,13-14,22-23,28H,2,6,8,12,15-16H2,1H3,(H,27,31)/t22-,23-/m0/s1. The molecule has 158 valence electrons. The van der Waals surface area contributed by atoms with Gasteiger partial charge in [0.15, 0.2) is 0 Å². The minimum Gasteiger partial charge on any atom is -0.361 e. The average molecular weight is 413 g/mol. The molecule has 0 spiro atoms. The highest BCUT2D eigenvalue weighted by Crippen LogP contribution is 2.45. The molecule has 2 atom stereocenters. The molecule has 0 aliphatic carbocycles. The number of carbonyl (C=O) groups is 1. The Kier molecular flexibility index (Phi) is 4.30. The van der Waals surface area contributed by atoms with Gasteiger partial charge in [-0.3, -0.25) is 0 Å². The SMILES string of the molecule is CCNC(=O)N1C[C@@H](c2c[nH]c3ccccc23)[C@H](c2cn3c4c(cccc24)CCC3)C1. The molecule has 4 heterocycles. The summed E-state index contributed by atoms with van der Waals surface area (Å²) in [7, 11) is 0. The normalized spacial score (nSPS) is 20.6. The second kappa shape index (κ2) is 7.19. The average Bonchev–Trinajstić information content (AvgIpc) is 3.50. The number of rotatable bonds is 3. The lowest BCUT2D eigenvalue weighted by Crippen LogP contribution is -2.38. The number of nitrogens with zero attached hydrogens (tertiary/aromatic N) is 2. The maximum Gasteiger partial charge on any atom is 0.317 e. The summed E-state index contributed by atoms with van der Waals surface area (Å²) < 4.78 is 2.45. The Morgan fingerprint density at radius 2 is 1.87 bits per heavy atom. The summed E-state index contributed by atoms with van der Waals surface area (Å²) in [5.74, 6) is 0.543. The van der Waals surface area contributed by atoms with E-state index in [0.29, 0.717) is 6.54 Å². The minimum atomic E-state index is 0.0450. The molecule has 2 aliphatic heterocycles. The van der Waals surface area contributed by atoms with E-state index in [0.717, 1.165) is 31.6 Å². The van der Waals surface area contributed by atoms with Gasteiger partial charge in [-0.2, -0.15) is 0 Å². The van der Waals surface area contributed by atoms with E-state index in [2.05, 4.69) is 69.7 Å². The first-order valence-electron chi connectivity index (χ1n) is 11.4. The first kappa shape index (κ1) is 18.6. The molecule has 0 unspecified atom stereocenters. The smallest absolute Gasteiger partial charge is 0.317 e. The van der Waals surface area contributed by atoms with Crippen molar-refractivity contribution in [2.75, 3.05) is 19.6 Å². The number of benzene rings is 2. The number of fused-ring (bicyclic) bond motifs is 1. The van der Waals surface area contributed by atoms with Gasteiger partial charge in [0.1, 0.15) is 0 Å². The molecule has 1 fully saturated rings. The fraction of sp³-hybridized carbons (Fsp3) is 0.346. The van der Waals surface area contributed by atoms with Gasteiger partial charge in [0.05, 0.1) is 5.52 Å². The zero-order chi connectivity index (χ0) is 20.9. The van der Waals surface area contributed by atoms with Crippen LogP contribution in [0.3, 0.4) is 0 Å². The molecule has 31 heavy (non-hydrogen) atoms. The second-order valence-electron chi connectivity index (χ2n) is 8.94. The highest BCUT2D eigenvalue weighted by molar-refractivity contribution is 5.89. The Hall–Kier alpha value is -3.21. The maximum atomic E-state index is 12.8. The number of carbonyl (C=O) groups excluding carboxylic acids is 1. The van der Waals surface area contributed by atoms with Crippen molar-refractivity contribution >= 4 is 27.8 Å². The van der Waals surface area contributed by atoms with Crippen LogP contribution in [0.4, 0.5) is 4.79 Å². The second-order valence-corrected chi connectivity index (χ2v) is 8.94. The van der Waals surface area contributed by atoms with Crippen LogP contribution in [-0.4, -0.2) is 40.1 Å². The number of amides is 2. The van der Waals surface area contributed by atoms with Crippen molar-refractivity contribution in [3.05, 3.63) is 71.5 Å². The molecule has 6 rings (SSSR count). The molecule has 2 aliphatic rings. The molecule has 0 radical (unpaired) electrons. The summed E-state index contributed by atoms with van der Waals surface area (Å²) in [6.45, 7) is 5.20. The van der Waals surface area contributed by atoms with Crippen molar-refractivity contribution in [1.29, 1.82) is 0 Å². The van der Waals surface area contributed by atoms with Gasteiger partial charge < -0.3 is 19.8 Å². The molecule has 5 nitrogen and oxygen atoms in total. The lowest BCUT2D eigenvalue weighted by molar-refractivity contribution is 0.208. The summed E-state index contributed by atoms with van der Waals surface area (Å²) >= 11 is 0. The van der Waals surface area contributed by atoms with Gasteiger partial charge in [0.2, 0.25) is 0 Å². The van der Waals surface area contributed by atoms with Crippen LogP contribution in [0.15, 0.2) is 54.9 Å². The number of likely N-dealkylation sites (tertiary alicyclic amines) is 1. The summed E-state index contributed by atoms with van der Waals surface area (Å²) in [4.78, 5) is 18.3. The van der Waals surface area contributed by atoms with Crippen LogP contribution < -0.4 is 5.32 Å². The summed E-state index contributed by atoms with van der Waals surface area (Å²) in [6.07, 6.45) is 6.89. The van der Waals surface area contributed by atoms with E-state index in [1.165, 1.54) is 39.4 Å². The zero-order valence-electron chi connectivity index (χ0n) is 17.9. The van der Waals surface area contributed by atoms with E-state index in [1.54, 1.807) is 0 Å². The van der Waals surface area contributed by atoms with E-state index < -0.39 is 0 Å².